The van der Waals surface area contributed by atoms with Gasteiger partial charge in [0, 0.05) is 13.1 Å². The SMILES string of the molecule is CCCCCNc1nc2cc(Cl)c(S(=O)(=O)NCC(C)S(N)(=O)=O)cc2s1. The monoisotopic (exact) mass is 454 g/mol. The molecule has 1 unspecified atom stereocenters. The van der Waals surface area contributed by atoms with E-state index in [4.69, 9.17) is 16.7 Å². The minimum Gasteiger partial charge on any atom is -0.361 e. The van der Waals surface area contributed by atoms with E-state index in [2.05, 4.69) is 21.9 Å². The van der Waals surface area contributed by atoms with Gasteiger partial charge in [-0.3, -0.25) is 0 Å². The molecule has 1 atom stereocenters. The van der Waals surface area contributed by atoms with Crippen molar-refractivity contribution >= 4 is 58.3 Å². The standard InChI is InChI=1S/C15H23ClN4O4S3/c1-3-4-5-6-18-15-20-12-7-11(16)14(8-13(12)25-15)27(23,24)19-9-10(2)26(17,21)22/h7-8,10,19H,3-6,9H2,1-2H3,(H,18,20)(H2,17,21,22). The van der Waals surface area contributed by atoms with Crippen LogP contribution in [0.3, 0.4) is 0 Å². The third kappa shape index (κ3) is 6.00. The summed E-state index contributed by atoms with van der Waals surface area (Å²) in [6, 6.07) is 2.93. The van der Waals surface area contributed by atoms with Gasteiger partial charge >= 0.3 is 0 Å². The van der Waals surface area contributed by atoms with E-state index in [0.29, 0.717) is 15.3 Å². The van der Waals surface area contributed by atoms with E-state index in [1.807, 2.05) is 0 Å². The first kappa shape index (κ1) is 22.3. The molecule has 0 aliphatic heterocycles. The number of thiazole rings is 1. The van der Waals surface area contributed by atoms with Crippen molar-refractivity contribution in [1.82, 2.24) is 9.71 Å². The molecule has 12 heteroatoms. The summed E-state index contributed by atoms with van der Waals surface area (Å²) >= 11 is 7.46. The molecular weight excluding hydrogens is 432 g/mol. The fourth-order valence-electron chi connectivity index (χ4n) is 2.20. The van der Waals surface area contributed by atoms with Gasteiger partial charge < -0.3 is 5.32 Å². The van der Waals surface area contributed by atoms with Crippen LogP contribution in [0.4, 0.5) is 5.13 Å². The molecule has 0 fully saturated rings. The lowest BCUT2D eigenvalue weighted by atomic mass is 10.2. The lowest BCUT2D eigenvalue weighted by molar-refractivity contribution is 0.571. The van der Waals surface area contributed by atoms with Crippen LogP contribution in [-0.4, -0.2) is 40.2 Å². The summed E-state index contributed by atoms with van der Waals surface area (Å²) in [5.41, 5.74) is 0.597. The first-order chi connectivity index (χ1) is 12.5. The fourth-order valence-corrected chi connectivity index (χ4v) is 5.29. The molecule has 4 N–H and O–H groups in total. The second-order valence-corrected chi connectivity index (χ2v) is 11.3. The number of rotatable bonds is 10. The van der Waals surface area contributed by atoms with E-state index in [-0.39, 0.29) is 16.5 Å². The maximum Gasteiger partial charge on any atom is 0.242 e. The van der Waals surface area contributed by atoms with E-state index in [1.165, 1.54) is 30.4 Å². The van der Waals surface area contributed by atoms with E-state index >= 15 is 0 Å². The van der Waals surface area contributed by atoms with Crippen LogP contribution in [0.2, 0.25) is 5.02 Å². The highest BCUT2D eigenvalue weighted by Gasteiger charge is 2.23. The Bertz CT molecular complexity index is 1010. The van der Waals surface area contributed by atoms with E-state index in [9.17, 15) is 16.8 Å². The number of anilines is 1. The molecule has 0 saturated heterocycles. The van der Waals surface area contributed by atoms with Crippen LogP contribution in [0.5, 0.6) is 0 Å². The van der Waals surface area contributed by atoms with Gasteiger partial charge in [0.1, 0.15) is 4.90 Å². The van der Waals surface area contributed by atoms with Crippen molar-refractivity contribution in [2.24, 2.45) is 5.14 Å². The normalized spacial score (nSPS) is 13.8. The highest BCUT2D eigenvalue weighted by atomic mass is 35.5. The smallest absolute Gasteiger partial charge is 0.242 e. The molecule has 152 valence electrons. The van der Waals surface area contributed by atoms with Crippen LogP contribution in [0.15, 0.2) is 17.0 Å². The van der Waals surface area contributed by atoms with Crippen molar-refractivity contribution in [3.05, 3.63) is 17.2 Å². The minimum atomic E-state index is -4.00. The number of halogens is 1. The number of hydrogen-bond donors (Lipinski definition) is 3. The Balaban J connectivity index is 2.21. The van der Waals surface area contributed by atoms with Gasteiger partial charge in [0.15, 0.2) is 5.13 Å². The Hall–Kier alpha value is -0.980. The highest BCUT2D eigenvalue weighted by Crippen LogP contribution is 2.32. The second kappa shape index (κ2) is 9.01. The van der Waals surface area contributed by atoms with Crippen LogP contribution in [-0.2, 0) is 20.0 Å². The Morgan fingerprint density at radius 3 is 2.59 bits per heavy atom. The van der Waals surface area contributed by atoms with Crippen LogP contribution in [0, 0.1) is 0 Å². The lowest BCUT2D eigenvalue weighted by Crippen LogP contribution is -2.38. The molecule has 1 heterocycles. The first-order valence-corrected chi connectivity index (χ1v) is 12.7. The van der Waals surface area contributed by atoms with E-state index in [0.717, 1.165) is 25.8 Å². The van der Waals surface area contributed by atoms with Gasteiger partial charge in [-0.1, -0.05) is 42.7 Å². The Morgan fingerprint density at radius 2 is 1.96 bits per heavy atom. The molecule has 8 nitrogen and oxygen atoms in total. The molecular formula is C15H23ClN4O4S3. The zero-order chi connectivity index (χ0) is 20.2. The predicted octanol–water partition coefficient (Wildman–Crippen LogP) is 2.51. The quantitative estimate of drug-likeness (QED) is 0.472. The average molecular weight is 455 g/mol. The zero-order valence-electron chi connectivity index (χ0n) is 15.0. The number of nitrogens with two attached hydrogens (primary N) is 1. The number of aromatic nitrogens is 1. The van der Waals surface area contributed by atoms with Gasteiger partial charge in [-0.2, -0.15) is 0 Å². The molecule has 0 saturated carbocycles. The Morgan fingerprint density at radius 1 is 1.26 bits per heavy atom. The van der Waals surface area contributed by atoms with Gasteiger partial charge in [-0.15, -0.1) is 0 Å². The molecule has 0 bridgehead atoms. The van der Waals surface area contributed by atoms with Crippen molar-refractivity contribution in [2.75, 3.05) is 18.4 Å². The number of primary sulfonamides is 1. The average Bonchev–Trinajstić information content (AvgIpc) is 2.96. The predicted molar refractivity (Wildman–Crippen MR) is 110 cm³/mol. The van der Waals surface area contributed by atoms with Crippen molar-refractivity contribution in [2.45, 2.75) is 43.3 Å². The van der Waals surface area contributed by atoms with Gasteiger partial charge in [0.25, 0.3) is 0 Å². The van der Waals surface area contributed by atoms with Crippen molar-refractivity contribution < 1.29 is 16.8 Å². The fraction of sp³-hybridized carbons (Fsp3) is 0.533. The summed E-state index contributed by atoms with van der Waals surface area (Å²) in [5.74, 6) is 0. The molecule has 0 aliphatic carbocycles. The van der Waals surface area contributed by atoms with Gasteiger partial charge in [-0.25, -0.2) is 31.7 Å². The first-order valence-electron chi connectivity index (χ1n) is 8.40. The van der Waals surface area contributed by atoms with Gasteiger partial charge in [-0.05, 0) is 25.5 Å². The summed E-state index contributed by atoms with van der Waals surface area (Å²) in [5, 5.41) is 7.89. The number of benzene rings is 1. The highest BCUT2D eigenvalue weighted by molar-refractivity contribution is 7.90. The van der Waals surface area contributed by atoms with Crippen LogP contribution < -0.4 is 15.2 Å². The van der Waals surface area contributed by atoms with Crippen LogP contribution >= 0.6 is 22.9 Å². The molecule has 1 aromatic carbocycles. The number of hydrogen-bond acceptors (Lipinski definition) is 7. The lowest BCUT2D eigenvalue weighted by Gasteiger charge is -2.12. The molecule has 0 radical (unpaired) electrons. The second-order valence-electron chi connectivity index (χ2n) is 6.15. The van der Waals surface area contributed by atoms with Crippen molar-refractivity contribution in [1.29, 1.82) is 0 Å². The Kier molecular flexibility index (Phi) is 7.45. The van der Waals surface area contributed by atoms with E-state index in [1.54, 1.807) is 0 Å². The van der Waals surface area contributed by atoms with E-state index < -0.39 is 25.3 Å². The van der Waals surface area contributed by atoms with Crippen molar-refractivity contribution in [3.8, 4) is 0 Å². The number of nitrogens with zero attached hydrogens (tertiary/aromatic N) is 1. The molecule has 1 aromatic heterocycles. The number of sulfonamides is 2. The van der Waals surface area contributed by atoms with Gasteiger partial charge in [0.05, 0.1) is 20.5 Å². The summed E-state index contributed by atoms with van der Waals surface area (Å²) in [7, 11) is -7.83. The van der Waals surface area contributed by atoms with Gasteiger partial charge in [0.2, 0.25) is 20.0 Å². The summed E-state index contributed by atoms with van der Waals surface area (Å²) < 4.78 is 50.5. The molecule has 27 heavy (non-hydrogen) atoms. The largest absolute Gasteiger partial charge is 0.361 e. The summed E-state index contributed by atoms with van der Waals surface area (Å²) in [6.07, 6.45) is 3.27. The number of unbranched alkanes of at least 4 members (excludes halogenated alkanes) is 2. The number of nitrogens with one attached hydrogen (secondary N) is 2. The molecule has 0 aliphatic rings. The topological polar surface area (TPSA) is 131 Å². The maximum atomic E-state index is 12.5. The maximum absolute atomic E-state index is 12.5. The molecule has 2 aromatic rings. The number of fused-ring (bicyclic) bond motifs is 1. The molecule has 2 rings (SSSR count). The zero-order valence-corrected chi connectivity index (χ0v) is 18.2. The van der Waals surface area contributed by atoms with Crippen molar-refractivity contribution in [3.63, 3.8) is 0 Å². The third-order valence-corrected chi connectivity index (χ3v) is 8.06. The molecule has 0 amide bonds. The minimum absolute atomic E-state index is 0.0149. The summed E-state index contributed by atoms with van der Waals surface area (Å²) in [6.45, 7) is 3.89. The molecule has 0 spiro atoms. The van der Waals surface area contributed by atoms with Crippen LogP contribution in [0.1, 0.15) is 33.1 Å². The third-order valence-electron chi connectivity index (χ3n) is 3.91. The summed E-state index contributed by atoms with van der Waals surface area (Å²) in [4.78, 5) is 4.29. The van der Waals surface area contributed by atoms with Crippen LogP contribution in [0.25, 0.3) is 10.2 Å². The Labute approximate surface area is 168 Å².